The van der Waals surface area contributed by atoms with Crippen molar-refractivity contribution in [3.05, 3.63) is 48.3 Å². The second kappa shape index (κ2) is 8.80. The van der Waals surface area contributed by atoms with Gasteiger partial charge in [0.25, 0.3) is 0 Å². The smallest absolute Gasteiger partial charge is 0.242 e. The van der Waals surface area contributed by atoms with Crippen molar-refractivity contribution in [1.82, 2.24) is 23.6 Å². The normalized spacial score (nSPS) is 19.2. The number of hydrogen-bond acceptors (Lipinski definition) is 5. The lowest BCUT2D eigenvalue weighted by Crippen LogP contribution is -2.67. The number of ether oxygens (including phenoxy) is 1. The Kier molecular flexibility index (Phi) is 6.14. The van der Waals surface area contributed by atoms with Crippen molar-refractivity contribution in [2.75, 3.05) is 26.2 Å². The lowest BCUT2D eigenvalue weighted by atomic mass is 9.92. The highest BCUT2D eigenvalue weighted by Gasteiger charge is 2.60. The fourth-order valence-electron chi connectivity index (χ4n) is 4.70. The van der Waals surface area contributed by atoms with Crippen molar-refractivity contribution >= 4 is 29.1 Å². The number of rotatable bonds is 10. The van der Waals surface area contributed by atoms with Crippen LogP contribution in [-0.2, 0) is 27.0 Å². The van der Waals surface area contributed by atoms with Crippen LogP contribution >= 0.6 is 0 Å². The van der Waals surface area contributed by atoms with Crippen LogP contribution in [0, 0.1) is 6.57 Å². The Hall–Kier alpha value is -2.52. The third kappa shape index (κ3) is 4.40. The summed E-state index contributed by atoms with van der Waals surface area (Å²) in [5.41, 5.74) is 2.13. The molecule has 1 aliphatic heterocycles. The third-order valence-corrected chi connectivity index (χ3v) is 11.8. The average Bonchev–Trinajstić information content (AvgIpc) is 3.20. The summed E-state index contributed by atoms with van der Waals surface area (Å²) in [7, 11) is -4.49. The van der Waals surface area contributed by atoms with E-state index in [1.807, 2.05) is 29.1 Å². The van der Waals surface area contributed by atoms with E-state index in [2.05, 4.69) is 34.6 Å². The molecule has 3 aromatic rings. The topological polar surface area (TPSA) is 86.6 Å². The zero-order chi connectivity index (χ0) is 25.8. The second-order valence-electron chi connectivity index (χ2n) is 11.7. The molecule has 36 heavy (non-hydrogen) atoms. The van der Waals surface area contributed by atoms with E-state index in [9.17, 15) is 8.42 Å². The Labute approximate surface area is 213 Å². The minimum Gasteiger partial charge on any atom is -0.361 e. The number of aromatic nitrogens is 4. The van der Waals surface area contributed by atoms with Crippen LogP contribution in [-0.4, -0.2) is 71.1 Å². The quantitative estimate of drug-likeness (QED) is 0.226. The van der Waals surface area contributed by atoms with E-state index in [4.69, 9.17) is 11.3 Å². The predicted molar refractivity (Wildman–Crippen MR) is 143 cm³/mol. The Morgan fingerprint density at radius 3 is 2.64 bits per heavy atom. The van der Waals surface area contributed by atoms with Crippen LogP contribution in [0.25, 0.3) is 27.0 Å². The SMILES string of the molecule is [C-]#[N+]CC1(n2cc(-c3ccnc4c3ccn4COCC[Si](C)(C)C)cn2)CN(S(=O)(=O)C2(C)CC2)C1. The molecule has 1 aliphatic carbocycles. The summed E-state index contributed by atoms with van der Waals surface area (Å²) in [6, 6.07) is 5.13. The first-order valence-electron chi connectivity index (χ1n) is 12.4. The van der Waals surface area contributed by atoms with Gasteiger partial charge in [-0.15, -0.1) is 0 Å². The maximum atomic E-state index is 12.9. The molecule has 3 aromatic heterocycles. The number of sulfonamides is 1. The highest BCUT2D eigenvalue weighted by atomic mass is 32.2. The van der Waals surface area contributed by atoms with Crippen LogP contribution in [0.3, 0.4) is 0 Å². The van der Waals surface area contributed by atoms with Crippen molar-refractivity contribution in [3.8, 4) is 11.1 Å². The minimum atomic E-state index is -3.35. The number of hydrogen-bond donors (Lipinski definition) is 0. The molecule has 9 nitrogen and oxygen atoms in total. The molecule has 4 heterocycles. The summed E-state index contributed by atoms with van der Waals surface area (Å²) in [6.45, 7) is 18.3. The first kappa shape index (κ1) is 25.1. The lowest BCUT2D eigenvalue weighted by Gasteiger charge is -2.46. The standard InChI is InChI=1S/C25H34N6O3SSi/c1-24(8-9-24)35(32,33)30-17-25(18-30,16-26-2)31-15-20(14-28-31)21-6-10-27-23-22(21)7-11-29(23)19-34-12-13-36(3,4)5/h6-7,10-11,14-15H,8-9,12-13,16-19H2,1,3-5H3. The highest BCUT2D eigenvalue weighted by Crippen LogP contribution is 2.47. The Morgan fingerprint density at radius 2 is 1.97 bits per heavy atom. The Morgan fingerprint density at radius 1 is 1.22 bits per heavy atom. The number of fused-ring (bicyclic) bond motifs is 1. The molecule has 0 bridgehead atoms. The van der Waals surface area contributed by atoms with Crippen LogP contribution in [0.15, 0.2) is 36.9 Å². The molecule has 5 rings (SSSR count). The van der Waals surface area contributed by atoms with Gasteiger partial charge in [0.15, 0.2) is 5.54 Å². The molecule has 1 saturated carbocycles. The van der Waals surface area contributed by atoms with Gasteiger partial charge in [0.05, 0.1) is 10.9 Å². The molecule has 1 saturated heterocycles. The van der Waals surface area contributed by atoms with Gasteiger partial charge in [0.1, 0.15) is 12.4 Å². The van der Waals surface area contributed by atoms with E-state index in [0.29, 0.717) is 19.6 Å². The molecule has 0 amide bonds. The Bertz CT molecular complexity index is 1420. The van der Waals surface area contributed by atoms with E-state index in [1.165, 1.54) is 4.31 Å². The van der Waals surface area contributed by atoms with Crippen molar-refractivity contribution < 1.29 is 13.2 Å². The summed E-state index contributed by atoms with van der Waals surface area (Å²) < 4.78 is 36.5. The van der Waals surface area contributed by atoms with E-state index >= 15 is 0 Å². The molecule has 0 spiro atoms. The minimum absolute atomic E-state index is 0.188. The van der Waals surface area contributed by atoms with Gasteiger partial charge in [0.2, 0.25) is 16.6 Å². The predicted octanol–water partition coefficient (Wildman–Crippen LogP) is 4.02. The summed E-state index contributed by atoms with van der Waals surface area (Å²) >= 11 is 0. The van der Waals surface area contributed by atoms with E-state index in [1.54, 1.807) is 24.0 Å². The molecule has 0 N–H and O–H groups in total. The van der Waals surface area contributed by atoms with Gasteiger partial charge >= 0.3 is 0 Å². The van der Waals surface area contributed by atoms with Crippen molar-refractivity contribution in [3.63, 3.8) is 0 Å². The zero-order valence-electron chi connectivity index (χ0n) is 21.4. The summed E-state index contributed by atoms with van der Waals surface area (Å²) in [5.74, 6) is 0. The van der Waals surface area contributed by atoms with Crippen molar-refractivity contribution in [2.24, 2.45) is 0 Å². The van der Waals surface area contributed by atoms with Crippen LogP contribution in [0.1, 0.15) is 19.8 Å². The maximum absolute atomic E-state index is 12.9. The Balaban J connectivity index is 1.35. The number of nitrogens with zero attached hydrogens (tertiary/aromatic N) is 6. The van der Waals surface area contributed by atoms with Gasteiger partial charge in [-0.25, -0.2) is 20.0 Å². The molecule has 0 atom stereocenters. The molecule has 11 heteroatoms. The molecule has 2 aliphatic rings. The van der Waals surface area contributed by atoms with Crippen molar-refractivity contribution in [2.45, 2.75) is 62.5 Å². The third-order valence-electron chi connectivity index (χ3n) is 7.50. The van der Waals surface area contributed by atoms with Crippen LogP contribution < -0.4 is 0 Å². The van der Waals surface area contributed by atoms with Crippen LogP contribution in [0.2, 0.25) is 25.7 Å². The molecule has 0 aromatic carbocycles. The lowest BCUT2D eigenvalue weighted by molar-refractivity contribution is 0.0821. The van der Waals surface area contributed by atoms with Crippen LogP contribution in [0.4, 0.5) is 0 Å². The number of pyridine rings is 1. The summed E-state index contributed by atoms with van der Waals surface area (Å²) in [5, 5.41) is 5.60. The first-order chi connectivity index (χ1) is 17.0. The molecular formula is C25H34N6O3SSi. The van der Waals surface area contributed by atoms with Gasteiger partial charge in [0, 0.05) is 57.3 Å². The van der Waals surface area contributed by atoms with Gasteiger partial charge < -0.3 is 14.1 Å². The van der Waals surface area contributed by atoms with Gasteiger partial charge in [-0.3, -0.25) is 4.68 Å². The molecule has 0 radical (unpaired) electrons. The van der Waals surface area contributed by atoms with Gasteiger partial charge in [-0.1, -0.05) is 19.6 Å². The first-order valence-corrected chi connectivity index (χ1v) is 17.5. The van der Waals surface area contributed by atoms with E-state index < -0.39 is 28.4 Å². The van der Waals surface area contributed by atoms with E-state index in [-0.39, 0.29) is 19.6 Å². The zero-order valence-corrected chi connectivity index (χ0v) is 23.3. The maximum Gasteiger partial charge on any atom is 0.242 e. The van der Waals surface area contributed by atoms with Crippen LogP contribution in [0.5, 0.6) is 0 Å². The monoisotopic (exact) mass is 526 g/mol. The average molecular weight is 527 g/mol. The highest BCUT2D eigenvalue weighted by molar-refractivity contribution is 7.90. The summed E-state index contributed by atoms with van der Waals surface area (Å²) in [6.07, 6.45) is 8.92. The molecule has 0 unspecified atom stereocenters. The summed E-state index contributed by atoms with van der Waals surface area (Å²) in [4.78, 5) is 8.21. The molecular weight excluding hydrogens is 492 g/mol. The van der Waals surface area contributed by atoms with E-state index in [0.717, 1.165) is 34.8 Å². The van der Waals surface area contributed by atoms with Crippen molar-refractivity contribution in [1.29, 1.82) is 0 Å². The molecule has 192 valence electrons. The molecule has 2 fully saturated rings. The second-order valence-corrected chi connectivity index (χ2v) is 19.7. The van der Waals surface area contributed by atoms with Gasteiger partial charge in [-0.05, 0) is 43.5 Å². The van der Waals surface area contributed by atoms with Gasteiger partial charge in [-0.2, -0.15) is 9.40 Å². The fraction of sp³-hybridized carbons (Fsp3) is 0.560. The largest absolute Gasteiger partial charge is 0.361 e. The fourth-order valence-corrected chi connectivity index (χ4v) is 7.52.